The quantitative estimate of drug-likeness (QED) is 0.620. The van der Waals surface area contributed by atoms with Gasteiger partial charge in [-0.2, -0.15) is 0 Å². The van der Waals surface area contributed by atoms with Gasteiger partial charge in [0.2, 0.25) is 5.91 Å². The topological polar surface area (TPSA) is 58.2 Å². The molecule has 0 bridgehead atoms. The van der Waals surface area contributed by atoms with Crippen molar-refractivity contribution in [3.8, 4) is 0 Å². The molecule has 0 aromatic carbocycles. The first-order valence-corrected chi connectivity index (χ1v) is 3.84. The average molecular weight is 174 g/mol. The second kappa shape index (κ2) is 10.1. The van der Waals surface area contributed by atoms with Crippen LogP contribution >= 0.6 is 0 Å². The predicted molar refractivity (Wildman–Crippen MR) is 48.9 cm³/mol. The third-order valence-corrected chi connectivity index (χ3v) is 1.25. The summed E-state index contributed by atoms with van der Waals surface area (Å²) >= 11 is 0. The number of carbonyl (C=O) groups excluding carboxylic acids is 2. The van der Waals surface area contributed by atoms with E-state index in [2.05, 4.69) is 17.6 Å². The Bertz CT molecular complexity index is 118. The van der Waals surface area contributed by atoms with Crippen LogP contribution in [0, 0.1) is 5.92 Å². The van der Waals surface area contributed by atoms with E-state index in [-0.39, 0.29) is 5.91 Å². The van der Waals surface area contributed by atoms with Crippen LogP contribution < -0.4 is 10.6 Å². The van der Waals surface area contributed by atoms with Crippen molar-refractivity contribution in [2.24, 2.45) is 5.92 Å². The Labute approximate surface area is 73.7 Å². The highest BCUT2D eigenvalue weighted by Gasteiger charge is 1.99. The van der Waals surface area contributed by atoms with Crippen LogP contribution in [0.1, 0.15) is 13.8 Å². The van der Waals surface area contributed by atoms with E-state index in [0.717, 1.165) is 13.1 Å². The Morgan fingerprint density at radius 1 is 1.42 bits per heavy atom. The molecule has 4 heteroatoms. The number of carbonyl (C=O) groups is 2. The molecule has 0 radical (unpaired) electrons. The Kier molecular flexibility index (Phi) is 11.5. The van der Waals surface area contributed by atoms with Gasteiger partial charge in [0.25, 0.3) is 0 Å². The van der Waals surface area contributed by atoms with Crippen molar-refractivity contribution in [2.75, 3.05) is 20.1 Å². The first-order valence-electron chi connectivity index (χ1n) is 3.84. The van der Waals surface area contributed by atoms with Crippen molar-refractivity contribution < 1.29 is 9.59 Å². The largest absolute Gasteiger partial charge is 0.356 e. The number of hydrogen-bond acceptors (Lipinski definition) is 3. The zero-order valence-electron chi connectivity index (χ0n) is 8.02. The van der Waals surface area contributed by atoms with Crippen LogP contribution in [0.5, 0.6) is 0 Å². The van der Waals surface area contributed by atoms with E-state index in [1.54, 1.807) is 0 Å². The van der Waals surface area contributed by atoms with Gasteiger partial charge in [-0.05, 0) is 19.5 Å². The zero-order valence-corrected chi connectivity index (χ0v) is 8.02. The first kappa shape index (κ1) is 13.7. The maximum absolute atomic E-state index is 10.4. The summed E-state index contributed by atoms with van der Waals surface area (Å²) in [4.78, 5) is 18.4. The van der Waals surface area contributed by atoms with Crippen molar-refractivity contribution in [2.45, 2.75) is 13.8 Å². The maximum atomic E-state index is 10.4. The molecule has 0 saturated carbocycles. The van der Waals surface area contributed by atoms with Crippen molar-refractivity contribution in [3.63, 3.8) is 0 Å². The van der Waals surface area contributed by atoms with Gasteiger partial charge in [-0.25, -0.2) is 0 Å². The minimum atomic E-state index is 0.0444. The van der Waals surface area contributed by atoms with Gasteiger partial charge in [0, 0.05) is 13.5 Å². The Morgan fingerprint density at radius 2 is 1.92 bits per heavy atom. The van der Waals surface area contributed by atoms with Crippen LogP contribution in [0.4, 0.5) is 0 Å². The van der Waals surface area contributed by atoms with Crippen molar-refractivity contribution in [3.05, 3.63) is 0 Å². The monoisotopic (exact) mass is 174 g/mol. The van der Waals surface area contributed by atoms with E-state index < -0.39 is 0 Å². The number of rotatable bonds is 4. The summed E-state index contributed by atoms with van der Waals surface area (Å²) < 4.78 is 0. The molecule has 0 aliphatic heterocycles. The van der Waals surface area contributed by atoms with Gasteiger partial charge in [-0.15, -0.1) is 0 Å². The lowest BCUT2D eigenvalue weighted by molar-refractivity contribution is -0.119. The molecule has 0 aliphatic rings. The third kappa shape index (κ3) is 11.8. The van der Waals surface area contributed by atoms with Crippen LogP contribution in [0.2, 0.25) is 0 Å². The van der Waals surface area contributed by atoms with E-state index in [4.69, 9.17) is 4.79 Å². The maximum Gasteiger partial charge on any atom is 0.216 e. The van der Waals surface area contributed by atoms with Crippen molar-refractivity contribution in [1.82, 2.24) is 10.6 Å². The lowest BCUT2D eigenvalue weighted by Gasteiger charge is -2.09. The molecule has 12 heavy (non-hydrogen) atoms. The van der Waals surface area contributed by atoms with Crippen LogP contribution in [-0.2, 0) is 9.59 Å². The molecule has 0 aromatic heterocycles. The second-order valence-corrected chi connectivity index (χ2v) is 2.60. The van der Waals surface area contributed by atoms with Gasteiger partial charge < -0.3 is 15.4 Å². The first-order chi connectivity index (χ1) is 5.66. The second-order valence-electron chi connectivity index (χ2n) is 2.60. The van der Waals surface area contributed by atoms with Gasteiger partial charge in [-0.1, -0.05) is 6.92 Å². The highest BCUT2D eigenvalue weighted by atomic mass is 16.1. The summed E-state index contributed by atoms with van der Waals surface area (Å²) in [5, 5.41) is 5.79. The number of nitrogens with one attached hydrogen (secondary N) is 2. The molecule has 0 heterocycles. The number of amides is 1. The van der Waals surface area contributed by atoms with Crippen LogP contribution in [0.25, 0.3) is 0 Å². The summed E-state index contributed by atoms with van der Waals surface area (Å²) in [6, 6.07) is 0. The van der Waals surface area contributed by atoms with Crippen LogP contribution in [-0.4, -0.2) is 32.8 Å². The molecule has 0 aliphatic carbocycles. The molecule has 0 rings (SSSR count). The fraction of sp³-hybridized carbons (Fsp3) is 0.750. The minimum Gasteiger partial charge on any atom is -0.356 e. The Hall–Kier alpha value is -0.900. The summed E-state index contributed by atoms with van der Waals surface area (Å²) in [6.45, 7) is 7.33. The third-order valence-electron chi connectivity index (χ3n) is 1.25. The van der Waals surface area contributed by atoms with Crippen molar-refractivity contribution in [1.29, 1.82) is 0 Å². The molecular formula is C8H18N2O2. The Balaban J connectivity index is 0. The zero-order chi connectivity index (χ0) is 9.98. The van der Waals surface area contributed by atoms with Gasteiger partial charge in [-0.3, -0.25) is 4.79 Å². The molecule has 2 N–H and O–H groups in total. The minimum absolute atomic E-state index is 0.0444. The van der Waals surface area contributed by atoms with E-state index >= 15 is 0 Å². The van der Waals surface area contributed by atoms with Gasteiger partial charge in [0.05, 0.1) is 0 Å². The lowest BCUT2D eigenvalue weighted by Crippen LogP contribution is -2.30. The van der Waals surface area contributed by atoms with Crippen LogP contribution in [0.3, 0.4) is 0 Å². The smallest absolute Gasteiger partial charge is 0.216 e. The molecule has 1 unspecified atom stereocenters. The summed E-state index contributed by atoms with van der Waals surface area (Å²) in [7, 11) is 1.91. The van der Waals surface area contributed by atoms with Gasteiger partial charge >= 0.3 is 0 Å². The van der Waals surface area contributed by atoms with Crippen molar-refractivity contribution >= 4 is 12.7 Å². The summed E-state index contributed by atoms with van der Waals surface area (Å²) in [5.41, 5.74) is 0. The molecular weight excluding hydrogens is 156 g/mol. The lowest BCUT2D eigenvalue weighted by atomic mass is 10.2. The van der Waals surface area contributed by atoms with E-state index in [1.807, 2.05) is 13.8 Å². The van der Waals surface area contributed by atoms with E-state index in [9.17, 15) is 4.79 Å². The normalized spacial score (nSPS) is 10.9. The fourth-order valence-electron chi connectivity index (χ4n) is 0.739. The van der Waals surface area contributed by atoms with Gasteiger partial charge in [0.1, 0.15) is 6.79 Å². The van der Waals surface area contributed by atoms with E-state index in [0.29, 0.717) is 5.92 Å². The highest BCUT2D eigenvalue weighted by Crippen LogP contribution is 1.87. The average Bonchev–Trinajstić information content (AvgIpc) is 2.05. The van der Waals surface area contributed by atoms with Crippen LogP contribution in [0.15, 0.2) is 0 Å². The summed E-state index contributed by atoms with van der Waals surface area (Å²) in [5.74, 6) is 0.553. The molecule has 0 saturated heterocycles. The summed E-state index contributed by atoms with van der Waals surface area (Å²) in [6.07, 6.45) is 0. The molecule has 0 aromatic rings. The molecule has 1 atom stereocenters. The molecule has 4 nitrogen and oxygen atoms in total. The van der Waals surface area contributed by atoms with Gasteiger partial charge in [0.15, 0.2) is 0 Å². The fourth-order valence-corrected chi connectivity index (χ4v) is 0.739. The molecule has 1 amide bonds. The van der Waals surface area contributed by atoms with E-state index in [1.165, 1.54) is 6.92 Å². The predicted octanol–water partition coefficient (Wildman–Crippen LogP) is -0.207. The SMILES string of the molecule is C=O.CNCC(C)CNC(C)=O. The molecule has 0 fully saturated rings. The standard InChI is InChI=1S/C7H16N2O.CH2O/c1-6(4-8-3)5-9-7(2)10;1-2/h6,8H,4-5H2,1-3H3,(H,9,10);1H2. The number of hydrogen-bond donors (Lipinski definition) is 2. The molecule has 72 valence electrons. The molecule has 0 spiro atoms. The Morgan fingerprint density at radius 3 is 2.25 bits per heavy atom. The highest BCUT2D eigenvalue weighted by molar-refractivity contribution is 5.72.